The molecule has 2 aromatic heterocycles. The molecule has 0 aliphatic rings. The highest BCUT2D eigenvalue weighted by Gasteiger charge is 2.11. The maximum absolute atomic E-state index is 12.3. The highest BCUT2D eigenvalue weighted by atomic mass is 32.1. The Morgan fingerprint density at radius 2 is 2.33 bits per heavy atom. The summed E-state index contributed by atoms with van der Waals surface area (Å²) in [6.45, 7) is 3.67. The van der Waals surface area contributed by atoms with Gasteiger partial charge in [0.2, 0.25) is 0 Å². The lowest BCUT2D eigenvalue weighted by Crippen LogP contribution is -2.23. The number of allylic oxidation sites excluding steroid dienone is 1. The minimum atomic E-state index is -2.51. The number of hydrogen-bond donors (Lipinski definition) is 0. The van der Waals surface area contributed by atoms with Gasteiger partial charge in [0.05, 0.1) is 13.2 Å². The summed E-state index contributed by atoms with van der Waals surface area (Å²) in [6.07, 6.45) is 0.533. The molecule has 2 heterocycles. The SMILES string of the molecule is C=CCn1c(=S)sc2c(=O)n(CCOCC(F)F)cnc21. The monoisotopic (exact) mass is 333 g/mol. The largest absolute Gasteiger partial charge is 0.374 e. The van der Waals surface area contributed by atoms with Crippen LogP contribution in [0.1, 0.15) is 0 Å². The molecule has 0 atom stereocenters. The first-order valence-corrected chi connectivity index (χ1v) is 7.32. The highest BCUT2D eigenvalue weighted by molar-refractivity contribution is 7.73. The Bertz CT molecular complexity index is 751. The van der Waals surface area contributed by atoms with E-state index in [1.807, 2.05) is 0 Å². The quantitative estimate of drug-likeness (QED) is 0.444. The highest BCUT2D eigenvalue weighted by Crippen LogP contribution is 2.17. The Morgan fingerprint density at radius 1 is 1.57 bits per heavy atom. The van der Waals surface area contributed by atoms with Crippen molar-refractivity contribution >= 4 is 33.9 Å². The fourth-order valence-corrected chi connectivity index (χ4v) is 3.07. The predicted octanol–water partition coefficient (Wildman–Crippen LogP) is 2.46. The Balaban J connectivity index is 2.24. The van der Waals surface area contributed by atoms with E-state index < -0.39 is 13.0 Å². The van der Waals surface area contributed by atoms with E-state index >= 15 is 0 Å². The number of halogens is 2. The molecule has 0 saturated heterocycles. The van der Waals surface area contributed by atoms with Crippen LogP contribution >= 0.6 is 23.6 Å². The fraction of sp³-hybridized carbons (Fsp3) is 0.417. The fourth-order valence-electron chi connectivity index (χ4n) is 1.76. The third-order valence-electron chi connectivity index (χ3n) is 2.68. The molecule has 0 aliphatic carbocycles. The summed E-state index contributed by atoms with van der Waals surface area (Å²) in [6, 6.07) is 0. The molecule has 0 spiro atoms. The number of ether oxygens (including phenoxy) is 1. The van der Waals surface area contributed by atoms with E-state index in [9.17, 15) is 13.6 Å². The molecule has 9 heteroatoms. The van der Waals surface area contributed by atoms with Crippen molar-refractivity contribution < 1.29 is 13.5 Å². The van der Waals surface area contributed by atoms with Crippen molar-refractivity contribution in [2.45, 2.75) is 19.5 Å². The molecule has 0 fully saturated rings. The summed E-state index contributed by atoms with van der Waals surface area (Å²) in [7, 11) is 0. The van der Waals surface area contributed by atoms with E-state index in [0.717, 1.165) is 0 Å². The van der Waals surface area contributed by atoms with Gasteiger partial charge in [-0.25, -0.2) is 13.8 Å². The molecule has 0 radical (unpaired) electrons. The van der Waals surface area contributed by atoms with Crippen molar-refractivity contribution in [3.8, 4) is 0 Å². The van der Waals surface area contributed by atoms with Crippen molar-refractivity contribution in [3.05, 3.63) is 33.3 Å². The van der Waals surface area contributed by atoms with Crippen LogP contribution in [0.4, 0.5) is 8.78 Å². The third-order valence-corrected chi connectivity index (χ3v) is 4.10. The van der Waals surface area contributed by atoms with Gasteiger partial charge in [0.1, 0.15) is 17.6 Å². The average Bonchev–Trinajstić information content (AvgIpc) is 2.75. The van der Waals surface area contributed by atoms with Crippen LogP contribution in [0, 0.1) is 3.95 Å². The summed E-state index contributed by atoms with van der Waals surface area (Å²) in [5.41, 5.74) is 0.263. The minimum absolute atomic E-state index is 0.0240. The van der Waals surface area contributed by atoms with Crippen LogP contribution < -0.4 is 5.56 Å². The molecule has 0 bridgehead atoms. The van der Waals surface area contributed by atoms with E-state index in [1.54, 1.807) is 10.6 Å². The molecule has 0 aliphatic heterocycles. The van der Waals surface area contributed by atoms with Gasteiger partial charge in [-0.05, 0) is 12.2 Å². The zero-order valence-electron chi connectivity index (χ0n) is 11.0. The summed E-state index contributed by atoms with van der Waals surface area (Å²) in [5.74, 6) is 0. The van der Waals surface area contributed by atoms with Crippen molar-refractivity contribution in [3.63, 3.8) is 0 Å². The smallest absolute Gasteiger partial charge is 0.273 e. The first kappa shape index (κ1) is 15.9. The maximum Gasteiger partial charge on any atom is 0.273 e. The van der Waals surface area contributed by atoms with E-state index in [4.69, 9.17) is 17.0 Å². The van der Waals surface area contributed by atoms with Crippen LogP contribution in [-0.4, -0.2) is 33.8 Å². The summed E-state index contributed by atoms with van der Waals surface area (Å²) >= 11 is 6.37. The Labute approximate surface area is 128 Å². The van der Waals surface area contributed by atoms with Gasteiger partial charge in [-0.1, -0.05) is 17.4 Å². The third kappa shape index (κ3) is 3.60. The van der Waals surface area contributed by atoms with Gasteiger partial charge < -0.3 is 9.30 Å². The van der Waals surface area contributed by atoms with Gasteiger partial charge in [-0.15, -0.1) is 6.58 Å². The van der Waals surface area contributed by atoms with Gasteiger partial charge in [-0.2, -0.15) is 0 Å². The lowest BCUT2D eigenvalue weighted by Gasteiger charge is -2.06. The van der Waals surface area contributed by atoms with Crippen molar-refractivity contribution in [1.29, 1.82) is 0 Å². The molecule has 0 amide bonds. The van der Waals surface area contributed by atoms with Crippen molar-refractivity contribution in [1.82, 2.24) is 14.1 Å². The summed E-state index contributed by atoms with van der Waals surface area (Å²) in [5, 5.41) is 0. The normalized spacial score (nSPS) is 11.4. The average molecular weight is 333 g/mol. The zero-order valence-corrected chi connectivity index (χ0v) is 12.6. The Hall–Kier alpha value is -1.45. The number of fused-ring (bicyclic) bond motifs is 1. The number of rotatable bonds is 7. The lowest BCUT2D eigenvalue weighted by molar-refractivity contribution is 0.0145. The molecule has 0 N–H and O–H groups in total. The standard InChI is InChI=1S/C12H13F2N3O2S2/c1-2-3-17-10-9(21-12(17)20)11(18)16(7-15-10)4-5-19-6-8(13)14/h2,7-8H,1,3-6H2. The molecule has 21 heavy (non-hydrogen) atoms. The Morgan fingerprint density at radius 3 is 3.00 bits per heavy atom. The molecule has 114 valence electrons. The van der Waals surface area contributed by atoms with Gasteiger partial charge >= 0.3 is 0 Å². The van der Waals surface area contributed by atoms with E-state index in [2.05, 4.69) is 11.6 Å². The van der Waals surface area contributed by atoms with Gasteiger partial charge in [0, 0.05) is 6.54 Å². The topological polar surface area (TPSA) is 49.0 Å². The van der Waals surface area contributed by atoms with Crippen molar-refractivity contribution in [2.24, 2.45) is 0 Å². The number of alkyl halides is 2. The second kappa shape index (κ2) is 7.01. The lowest BCUT2D eigenvalue weighted by atomic mass is 10.5. The van der Waals surface area contributed by atoms with Crippen LogP contribution in [0.3, 0.4) is 0 Å². The summed E-state index contributed by atoms with van der Waals surface area (Å²) in [4.78, 5) is 16.5. The van der Waals surface area contributed by atoms with Crippen LogP contribution in [-0.2, 0) is 17.8 Å². The number of hydrogen-bond acceptors (Lipinski definition) is 5. The number of aromatic nitrogens is 3. The summed E-state index contributed by atoms with van der Waals surface area (Å²) < 4.78 is 32.7. The Kier molecular flexibility index (Phi) is 5.32. The first-order chi connectivity index (χ1) is 10.0. The second-order valence-electron chi connectivity index (χ2n) is 4.13. The van der Waals surface area contributed by atoms with Gasteiger partial charge in [0.25, 0.3) is 12.0 Å². The van der Waals surface area contributed by atoms with Crippen LogP contribution in [0.15, 0.2) is 23.8 Å². The number of nitrogens with zero attached hydrogens (tertiary/aromatic N) is 3. The maximum atomic E-state index is 12.3. The zero-order chi connectivity index (χ0) is 15.4. The predicted molar refractivity (Wildman–Crippen MR) is 79.7 cm³/mol. The van der Waals surface area contributed by atoms with E-state index in [0.29, 0.717) is 20.8 Å². The molecular formula is C12H13F2N3O2S2. The first-order valence-electron chi connectivity index (χ1n) is 6.10. The second-order valence-corrected chi connectivity index (χ2v) is 5.77. The molecule has 0 saturated carbocycles. The minimum Gasteiger partial charge on any atom is -0.374 e. The molecular weight excluding hydrogens is 320 g/mol. The van der Waals surface area contributed by atoms with Crippen molar-refractivity contribution in [2.75, 3.05) is 13.2 Å². The van der Waals surface area contributed by atoms with Crippen LogP contribution in [0.5, 0.6) is 0 Å². The van der Waals surface area contributed by atoms with Gasteiger partial charge in [0.15, 0.2) is 9.60 Å². The molecule has 0 aromatic carbocycles. The molecule has 0 unspecified atom stereocenters. The van der Waals surface area contributed by atoms with E-state index in [1.165, 1.54) is 22.2 Å². The van der Waals surface area contributed by atoms with Gasteiger partial charge in [-0.3, -0.25) is 9.36 Å². The molecule has 5 nitrogen and oxygen atoms in total. The molecule has 2 rings (SSSR count). The van der Waals surface area contributed by atoms with Crippen LogP contribution in [0.25, 0.3) is 10.3 Å². The molecule has 2 aromatic rings. The number of thiazole rings is 1. The van der Waals surface area contributed by atoms with Crippen LogP contribution in [0.2, 0.25) is 0 Å². The van der Waals surface area contributed by atoms with E-state index in [-0.39, 0.29) is 18.7 Å².